The van der Waals surface area contributed by atoms with Gasteiger partial charge in [0.15, 0.2) is 0 Å². The van der Waals surface area contributed by atoms with E-state index in [0.717, 1.165) is 4.90 Å². The van der Waals surface area contributed by atoms with E-state index in [2.05, 4.69) is 0 Å². The van der Waals surface area contributed by atoms with Crippen LogP contribution in [0.1, 0.15) is 46.6 Å². The molecule has 0 spiro atoms. The van der Waals surface area contributed by atoms with Crippen molar-refractivity contribution in [2.45, 2.75) is 44.6 Å². The van der Waals surface area contributed by atoms with Crippen LogP contribution in [0.25, 0.3) is 0 Å². The largest absolute Gasteiger partial charge is 0.416 e. The van der Waals surface area contributed by atoms with E-state index in [0.29, 0.717) is 23.3 Å². The normalized spacial score (nSPS) is 18.4. The lowest BCUT2D eigenvalue weighted by Gasteiger charge is -2.40. The molecule has 5 nitrogen and oxygen atoms in total. The quantitative estimate of drug-likeness (QED) is 0.509. The third-order valence-corrected chi connectivity index (χ3v) is 6.68. The molecule has 2 amide bonds. The van der Waals surface area contributed by atoms with Crippen LogP contribution in [0.3, 0.4) is 0 Å². The minimum atomic E-state index is -5.02. The number of carbonyl (C=O) groups is 2. The minimum Gasteiger partial charge on any atom is -0.396 e. The Kier molecular flexibility index (Phi) is 8.75. The second-order valence-electron chi connectivity index (χ2n) is 9.42. The van der Waals surface area contributed by atoms with Crippen molar-refractivity contribution in [2.24, 2.45) is 5.92 Å². The first-order valence-electron chi connectivity index (χ1n) is 11.8. The summed E-state index contributed by atoms with van der Waals surface area (Å²) in [6, 6.07) is 5.17. The number of carbonyl (C=O) groups excluding carboxylic acids is 2. The van der Waals surface area contributed by atoms with Gasteiger partial charge in [-0.3, -0.25) is 9.59 Å². The van der Waals surface area contributed by atoms with Crippen LogP contribution in [-0.4, -0.2) is 53.5 Å². The molecule has 3 rings (SSSR count). The molecule has 1 fully saturated rings. The maximum atomic E-state index is 13.8. The van der Waals surface area contributed by atoms with Crippen LogP contribution in [0.2, 0.25) is 0 Å². The molecule has 0 saturated carbocycles. The van der Waals surface area contributed by atoms with Crippen molar-refractivity contribution in [1.82, 2.24) is 9.80 Å². The van der Waals surface area contributed by atoms with Crippen LogP contribution in [-0.2, 0) is 28.5 Å². The van der Waals surface area contributed by atoms with E-state index in [-0.39, 0.29) is 50.1 Å². The maximum Gasteiger partial charge on any atom is 0.416 e. The summed E-state index contributed by atoms with van der Waals surface area (Å²) in [5, 5.41) is 9.13. The molecular weight excluding hydrogens is 521 g/mol. The molecule has 1 heterocycles. The van der Waals surface area contributed by atoms with Crippen LogP contribution in [0.4, 0.5) is 30.7 Å². The molecule has 0 bridgehead atoms. The number of hydrogen-bond donors (Lipinski definition) is 1. The number of nitrogens with zero attached hydrogens (tertiary/aromatic N) is 2. The maximum absolute atomic E-state index is 13.8. The van der Waals surface area contributed by atoms with Crippen molar-refractivity contribution in [3.63, 3.8) is 0 Å². The molecule has 2 aromatic carbocycles. The lowest BCUT2D eigenvalue weighted by atomic mass is 9.78. The number of aliphatic hydroxyl groups is 1. The van der Waals surface area contributed by atoms with E-state index in [1.54, 1.807) is 6.92 Å². The third-order valence-electron chi connectivity index (χ3n) is 6.68. The van der Waals surface area contributed by atoms with E-state index in [1.807, 2.05) is 0 Å². The Labute approximate surface area is 214 Å². The molecule has 2 aromatic rings. The summed E-state index contributed by atoms with van der Waals surface area (Å²) >= 11 is 0. The monoisotopic (exact) mass is 548 g/mol. The van der Waals surface area contributed by atoms with E-state index in [9.17, 15) is 40.3 Å². The average molecular weight is 548 g/mol. The van der Waals surface area contributed by atoms with Crippen molar-refractivity contribution in [3.8, 4) is 0 Å². The zero-order chi connectivity index (χ0) is 28.4. The van der Waals surface area contributed by atoms with Crippen LogP contribution in [0.15, 0.2) is 36.4 Å². The molecule has 0 aliphatic carbocycles. The number of piperidine rings is 1. The molecule has 1 aliphatic heterocycles. The van der Waals surface area contributed by atoms with Gasteiger partial charge in [-0.2, -0.15) is 26.3 Å². The smallest absolute Gasteiger partial charge is 0.396 e. The Hall–Kier alpha value is -3.15. The number of alkyl halides is 6. The lowest BCUT2D eigenvalue weighted by molar-refractivity contribution is -0.143. The highest BCUT2D eigenvalue weighted by molar-refractivity contribution is 5.81. The molecule has 0 aromatic heterocycles. The van der Waals surface area contributed by atoms with Gasteiger partial charge in [-0.25, -0.2) is 4.39 Å². The predicted octanol–water partition coefficient (Wildman–Crippen LogP) is 5.14. The summed E-state index contributed by atoms with van der Waals surface area (Å²) in [7, 11) is 1.29. The number of rotatable bonds is 6. The summed E-state index contributed by atoms with van der Waals surface area (Å²) in [4.78, 5) is 28.5. The SMILES string of the molecule is Cc1cc(F)ccc1[C@@H]1CN(C(=O)CCO)CC[C@H]1C(=O)N(C)Cc1cc(C(F)(F)F)cc(C(F)(F)F)c1. The zero-order valence-electron chi connectivity index (χ0n) is 20.7. The Morgan fingerprint density at radius 1 is 1.03 bits per heavy atom. The summed E-state index contributed by atoms with van der Waals surface area (Å²) in [5.41, 5.74) is -2.16. The van der Waals surface area contributed by atoms with Crippen molar-refractivity contribution < 1.29 is 45.4 Å². The van der Waals surface area contributed by atoms with Gasteiger partial charge in [0.1, 0.15) is 5.82 Å². The fraction of sp³-hybridized carbons (Fsp3) is 0.462. The molecule has 0 radical (unpaired) electrons. The van der Waals surface area contributed by atoms with Gasteiger partial charge in [-0.15, -0.1) is 0 Å². The fourth-order valence-electron chi connectivity index (χ4n) is 4.84. The molecule has 38 heavy (non-hydrogen) atoms. The van der Waals surface area contributed by atoms with E-state index in [4.69, 9.17) is 5.11 Å². The predicted molar refractivity (Wildman–Crippen MR) is 123 cm³/mol. The van der Waals surface area contributed by atoms with Crippen molar-refractivity contribution in [1.29, 1.82) is 0 Å². The van der Waals surface area contributed by atoms with Crippen molar-refractivity contribution in [2.75, 3.05) is 26.7 Å². The van der Waals surface area contributed by atoms with Crippen molar-refractivity contribution in [3.05, 3.63) is 70.0 Å². The van der Waals surface area contributed by atoms with Gasteiger partial charge in [-0.05, 0) is 60.4 Å². The number of likely N-dealkylation sites (tertiary alicyclic amines) is 1. The van der Waals surface area contributed by atoms with Crippen LogP contribution >= 0.6 is 0 Å². The number of aliphatic hydroxyl groups excluding tert-OH is 1. The van der Waals surface area contributed by atoms with Gasteiger partial charge in [0.05, 0.1) is 17.7 Å². The zero-order valence-corrected chi connectivity index (χ0v) is 20.7. The number of aryl methyl sites for hydroxylation is 1. The first kappa shape index (κ1) is 29.4. The van der Waals surface area contributed by atoms with Gasteiger partial charge in [-0.1, -0.05) is 6.07 Å². The Morgan fingerprint density at radius 3 is 2.16 bits per heavy atom. The molecule has 1 saturated heterocycles. The highest BCUT2D eigenvalue weighted by Gasteiger charge is 2.40. The number of benzene rings is 2. The molecule has 0 unspecified atom stereocenters. The van der Waals surface area contributed by atoms with Crippen molar-refractivity contribution >= 4 is 11.8 Å². The summed E-state index contributed by atoms with van der Waals surface area (Å²) < 4.78 is 93.3. The molecular formula is C26H27F7N2O3. The van der Waals surface area contributed by atoms with E-state index < -0.39 is 53.6 Å². The fourth-order valence-corrected chi connectivity index (χ4v) is 4.84. The van der Waals surface area contributed by atoms with Gasteiger partial charge >= 0.3 is 12.4 Å². The van der Waals surface area contributed by atoms with Crippen LogP contribution in [0.5, 0.6) is 0 Å². The minimum absolute atomic E-state index is 0.0256. The topological polar surface area (TPSA) is 60.9 Å². The molecule has 2 atom stereocenters. The van der Waals surface area contributed by atoms with E-state index >= 15 is 0 Å². The Balaban J connectivity index is 1.92. The standard InChI is InChI=1S/C26H27F7N2O3/c1-15-9-19(27)3-4-20(15)22-14-35(23(37)6-8-36)7-5-21(22)24(38)34(2)13-16-10-17(25(28,29)30)12-18(11-16)26(31,32)33/h3-4,9-12,21-22,36H,5-8,13-14H2,1-2H3/t21-,22+/m1/s1. The molecule has 1 N–H and O–H groups in total. The average Bonchev–Trinajstić information content (AvgIpc) is 2.82. The molecule has 1 aliphatic rings. The summed E-state index contributed by atoms with van der Waals surface area (Å²) in [6.45, 7) is 1.01. The van der Waals surface area contributed by atoms with Crippen LogP contribution in [0, 0.1) is 18.7 Å². The highest BCUT2D eigenvalue weighted by atomic mass is 19.4. The molecule has 12 heteroatoms. The first-order chi connectivity index (χ1) is 17.6. The molecule has 208 valence electrons. The van der Waals surface area contributed by atoms with Crippen LogP contribution < -0.4 is 0 Å². The van der Waals surface area contributed by atoms with Gasteiger partial charge in [0.2, 0.25) is 11.8 Å². The van der Waals surface area contributed by atoms with Gasteiger partial charge in [0, 0.05) is 44.9 Å². The lowest BCUT2D eigenvalue weighted by Crippen LogP contribution is -2.48. The third kappa shape index (κ3) is 6.83. The summed E-state index contributed by atoms with van der Waals surface area (Å²) in [5.74, 6) is -2.73. The Bertz CT molecular complexity index is 1150. The second kappa shape index (κ2) is 11.3. The highest BCUT2D eigenvalue weighted by Crippen LogP contribution is 2.38. The Morgan fingerprint density at radius 2 is 1.63 bits per heavy atom. The summed E-state index contributed by atoms with van der Waals surface area (Å²) in [6.07, 6.45) is -9.99. The second-order valence-corrected chi connectivity index (χ2v) is 9.42. The van der Waals surface area contributed by atoms with E-state index in [1.165, 1.54) is 30.1 Å². The first-order valence-corrected chi connectivity index (χ1v) is 11.8. The number of hydrogen-bond acceptors (Lipinski definition) is 3. The number of halogens is 7. The van der Waals surface area contributed by atoms with Gasteiger partial charge < -0.3 is 14.9 Å². The number of amides is 2. The van der Waals surface area contributed by atoms with Gasteiger partial charge in [0.25, 0.3) is 0 Å².